The first-order valence-electron chi connectivity index (χ1n) is 8.69. The topological polar surface area (TPSA) is 82.5 Å². The van der Waals surface area contributed by atoms with E-state index in [4.69, 9.17) is 11.6 Å². The summed E-state index contributed by atoms with van der Waals surface area (Å²) in [6.07, 6.45) is -0.750. The van der Waals surface area contributed by atoms with Gasteiger partial charge in [-0.25, -0.2) is 13.6 Å². The van der Waals surface area contributed by atoms with Crippen LogP contribution in [0.25, 0.3) is 10.9 Å². The minimum absolute atomic E-state index is 0.0132. The van der Waals surface area contributed by atoms with E-state index in [0.29, 0.717) is 33.6 Å². The maximum absolute atomic E-state index is 13.5. The molecule has 0 spiro atoms. The molecule has 0 fully saturated rings. The molecule has 1 aliphatic rings. The van der Waals surface area contributed by atoms with Crippen LogP contribution in [0.4, 0.5) is 19.3 Å². The minimum Gasteiger partial charge on any atom is -0.465 e. The van der Waals surface area contributed by atoms with E-state index in [9.17, 15) is 23.5 Å². The normalized spacial score (nSPS) is 13.3. The van der Waals surface area contributed by atoms with Gasteiger partial charge in [0, 0.05) is 46.4 Å². The Balaban J connectivity index is 1.85. The molecule has 0 unspecified atom stereocenters. The van der Waals surface area contributed by atoms with Crippen molar-refractivity contribution in [2.24, 2.45) is 0 Å². The quantitative estimate of drug-likeness (QED) is 0.645. The van der Waals surface area contributed by atoms with E-state index >= 15 is 0 Å². The van der Waals surface area contributed by atoms with Crippen LogP contribution in [0.5, 0.6) is 0 Å². The fourth-order valence-corrected chi connectivity index (χ4v) is 3.58. The SMILES string of the molecule is O=C(Nc1ccc(F)c(F)c1)c1c2c(nc3ccc(Cl)cc13)CCN(C(=O)O)C2. The highest BCUT2D eigenvalue weighted by Crippen LogP contribution is 2.31. The van der Waals surface area contributed by atoms with Crippen molar-refractivity contribution >= 4 is 40.2 Å². The molecular formula is C20H14ClF2N3O3. The first kappa shape index (κ1) is 19.1. The van der Waals surface area contributed by atoms with Gasteiger partial charge in [-0.15, -0.1) is 0 Å². The van der Waals surface area contributed by atoms with E-state index in [0.717, 1.165) is 12.1 Å². The molecule has 2 N–H and O–H groups in total. The van der Waals surface area contributed by atoms with Crippen LogP contribution < -0.4 is 5.32 Å². The van der Waals surface area contributed by atoms with Crippen LogP contribution >= 0.6 is 11.6 Å². The van der Waals surface area contributed by atoms with E-state index in [1.165, 1.54) is 11.0 Å². The van der Waals surface area contributed by atoms with E-state index in [1.807, 2.05) is 0 Å². The second kappa shape index (κ2) is 7.29. The van der Waals surface area contributed by atoms with Crippen molar-refractivity contribution in [2.75, 3.05) is 11.9 Å². The Morgan fingerprint density at radius 1 is 1.14 bits per heavy atom. The summed E-state index contributed by atoms with van der Waals surface area (Å²) < 4.78 is 26.7. The molecule has 0 aliphatic carbocycles. The summed E-state index contributed by atoms with van der Waals surface area (Å²) in [5.41, 5.74) is 1.90. The number of benzene rings is 2. The lowest BCUT2D eigenvalue weighted by Crippen LogP contribution is -2.36. The number of hydrogen-bond acceptors (Lipinski definition) is 3. The van der Waals surface area contributed by atoms with E-state index in [2.05, 4.69) is 10.3 Å². The lowest BCUT2D eigenvalue weighted by atomic mass is 9.95. The van der Waals surface area contributed by atoms with Crippen molar-refractivity contribution in [3.05, 3.63) is 69.9 Å². The minimum atomic E-state index is -1.10. The van der Waals surface area contributed by atoms with Crippen molar-refractivity contribution in [3.8, 4) is 0 Å². The molecule has 0 atom stereocenters. The molecule has 29 heavy (non-hydrogen) atoms. The molecule has 2 aromatic carbocycles. The van der Waals surface area contributed by atoms with Gasteiger partial charge in [-0.2, -0.15) is 0 Å². The lowest BCUT2D eigenvalue weighted by Gasteiger charge is -2.28. The lowest BCUT2D eigenvalue weighted by molar-refractivity contribution is 0.102. The Labute approximate surface area is 168 Å². The molecule has 2 heterocycles. The third-order valence-corrected chi connectivity index (χ3v) is 5.01. The van der Waals surface area contributed by atoms with Gasteiger partial charge in [-0.05, 0) is 30.3 Å². The number of carbonyl (C=O) groups excluding carboxylic acids is 1. The Bertz CT molecular complexity index is 1170. The summed E-state index contributed by atoms with van der Waals surface area (Å²) in [5.74, 6) is -2.71. The number of anilines is 1. The van der Waals surface area contributed by atoms with Gasteiger partial charge in [0.05, 0.1) is 17.6 Å². The number of rotatable bonds is 2. The van der Waals surface area contributed by atoms with Gasteiger partial charge in [0.25, 0.3) is 5.91 Å². The smallest absolute Gasteiger partial charge is 0.407 e. The molecule has 9 heteroatoms. The number of halogens is 3. The average molecular weight is 418 g/mol. The fraction of sp³-hybridized carbons (Fsp3) is 0.150. The number of amides is 2. The molecule has 1 aliphatic heterocycles. The Hall–Kier alpha value is -3.26. The Morgan fingerprint density at radius 3 is 2.66 bits per heavy atom. The molecule has 0 saturated carbocycles. The third-order valence-electron chi connectivity index (χ3n) is 4.78. The summed E-state index contributed by atoms with van der Waals surface area (Å²) in [7, 11) is 0. The first-order chi connectivity index (χ1) is 13.8. The van der Waals surface area contributed by atoms with E-state index in [1.54, 1.807) is 18.2 Å². The van der Waals surface area contributed by atoms with Crippen LogP contribution in [0.1, 0.15) is 21.6 Å². The number of fused-ring (bicyclic) bond motifs is 2. The predicted molar refractivity (Wildman–Crippen MR) is 103 cm³/mol. The summed E-state index contributed by atoms with van der Waals surface area (Å²) >= 11 is 6.10. The highest BCUT2D eigenvalue weighted by Gasteiger charge is 2.28. The van der Waals surface area contributed by atoms with Crippen LogP contribution in [-0.2, 0) is 13.0 Å². The summed E-state index contributed by atoms with van der Waals surface area (Å²) in [6, 6.07) is 7.92. The highest BCUT2D eigenvalue weighted by molar-refractivity contribution is 6.31. The monoisotopic (exact) mass is 417 g/mol. The van der Waals surface area contributed by atoms with Crippen LogP contribution in [0.3, 0.4) is 0 Å². The molecule has 0 saturated heterocycles. The van der Waals surface area contributed by atoms with Crippen LogP contribution in [-0.4, -0.2) is 33.5 Å². The second-order valence-electron chi connectivity index (χ2n) is 6.61. The molecule has 148 valence electrons. The van der Waals surface area contributed by atoms with Gasteiger partial charge < -0.3 is 15.3 Å². The number of pyridine rings is 1. The van der Waals surface area contributed by atoms with Gasteiger partial charge in [0.1, 0.15) is 0 Å². The maximum atomic E-state index is 13.5. The molecule has 3 aromatic rings. The van der Waals surface area contributed by atoms with E-state index < -0.39 is 23.6 Å². The molecule has 6 nitrogen and oxygen atoms in total. The number of nitrogens with one attached hydrogen (secondary N) is 1. The summed E-state index contributed by atoms with van der Waals surface area (Å²) in [4.78, 5) is 30.3. The fourth-order valence-electron chi connectivity index (χ4n) is 3.40. The van der Waals surface area contributed by atoms with Crippen LogP contribution in [0.2, 0.25) is 5.02 Å². The molecule has 1 aromatic heterocycles. The molecule has 4 rings (SSSR count). The number of carbonyl (C=O) groups is 2. The molecular weight excluding hydrogens is 404 g/mol. The first-order valence-corrected chi connectivity index (χ1v) is 9.06. The highest BCUT2D eigenvalue weighted by atomic mass is 35.5. The summed E-state index contributed by atoms with van der Waals surface area (Å²) in [5, 5.41) is 12.7. The summed E-state index contributed by atoms with van der Waals surface area (Å²) in [6.45, 7) is 0.249. The van der Waals surface area contributed by atoms with Crippen LogP contribution in [0, 0.1) is 11.6 Å². The van der Waals surface area contributed by atoms with Gasteiger partial charge in [0.2, 0.25) is 0 Å². The van der Waals surface area contributed by atoms with Crippen molar-refractivity contribution in [1.29, 1.82) is 0 Å². The average Bonchev–Trinajstić information content (AvgIpc) is 2.68. The largest absolute Gasteiger partial charge is 0.465 e. The number of carboxylic acid groups (broad SMARTS) is 1. The zero-order chi connectivity index (χ0) is 20.7. The van der Waals surface area contributed by atoms with Gasteiger partial charge in [-0.1, -0.05) is 11.6 Å². The van der Waals surface area contributed by atoms with Crippen molar-refractivity contribution in [3.63, 3.8) is 0 Å². The standard InChI is InChI=1S/C20H14ClF2N3O3/c21-10-1-4-16-12(7-10)18(13-9-26(20(28)29)6-5-17(13)25-16)19(27)24-11-2-3-14(22)15(23)8-11/h1-4,7-8H,5-6,9H2,(H,24,27)(H,28,29). The zero-order valence-electron chi connectivity index (χ0n) is 14.9. The second-order valence-corrected chi connectivity index (χ2v) is 7.05. The Kier molecular flexibility index (Phi) is 4.79. The Morgan fingerprint density at radius 2 is 1.93 bits per heavy atom. The number of aromatic nitrogens is 1. The zero-order valence-corrected chi connectivity index (χ0v) is 15.6. The van der Waals surface area contributed by atoms with E-state index in [-0.39, 0.29) is 24.3 Å². The van der Waals surface area contributed by atoms with Gasteiger partial charge in [0.15, 0.2) is 11.6 Å². The number of nitrogens with zero attached hydrogens (tertiary/aromatic N) is 2. The van der Waals surface area contributed by atoms with Crippen molar-refractivity contribution in [2.45, 2.75) is 13.0 Å². The number of hydrogen-bond donors (Lipinski definition) is 2. The predicted octanol–water partition coefficient (Wildman–Crippen LogP) is 4.45. The van der Waals surface area contributed by atoms with Crippen LogP contribution in [0.15, 0.2) is 36.4 Å². The molecule has 0 bridgehead atoms. The van der Waals surface area contributed by atoms with Gasteiger partial charge in [-0.3, -0.25) is 9.78 Å². The third kappa shape index (κ3) is 3.58. The molecule has 2 amide bonds. The molecule has 0 radical (unpaired) electrons. The van der Waals surface area contributed by atoms with Crippen molar-refractivity contribution < 1.29 is 23.5 Å². The van der Waals surface area contributed by atoms with Crippen molar-refractivity contribution in [1.82, 2.24) is 9.88 Å². The van der Waals surface area contributed by atoms with Gasteiger partial charge >= 0.3 is 6.09 Å². The maximum Gasteiger partial charge on any atom is 0.407 e.